The van der Waals surface area contributed by atoms with Crippen molar-refractivity contribution in [1.82, 2.24) is 10.6 Å². The third kappa shape index (κ3) is 6.59. The van der Waals surface area contributed by atoms with Crippen LogP contribution in [-0.2, 0) is 24.5 Å². The third-order valence-electron chi connectivity index (χ3n) is 6.64. The van der Waals surface area contributed by atoms with E-state index in [1.165, 1.54) is 0 Å². The Bertz CT molecular complexity index is 1480. The Morgan fingerprint density at radius 1 is 1.00 bits per heavy atom. The third-order valence-corrected chi connectivity index (χ3v) is 10.3. The highest BCUT2D eigenvalue weighted by molar-refractivity contribution is 7.92. The zero-order chi connectivity index (χ0) is 28.6. The number of nitrogens with one attached hydrogen (secondary N) is 2. The van der Waals surface area contributed by atoms with Crippen LogP contribution < -0.4 is 10.6 Å². The van der Waals surface area contributed by atoms with Crippen LogP contribution in [0.4, 0.5) is 17.6 Å². The van der Waals surface area contributed by atoms with Crippen LogP contribution in [0.1, 0.15) is 37.3 Å². The minimum Gasteiger partial charge on any atom is -0.336 e. The van der Waals surface area contributed by atoms with Crippen LogP contribution in [0.25, 0.3) is 0 Å². The van der Waals surface area contributed by atoms with E-state index >= 15 is 8.78 Å². The Balaban J connectivity index is 1.74. The van der Waals surface area contributed by atoms with Gasteiger partial charge in [0.15, 0.2) is 9.84 Å². The Labute approximate surface area is 223 Å². The minimum atomic E-state index is -5.55. The predicted molar refractivity (Wildman–Crippen MR) is 132 cm³/mol. The molecule has 0 aromatic heterocycles. The highest BCUT2D eigenvalue weighted by Crippen LogP contribution is 2.41. The van der Waals surface area contributed by atoms with Gasteiger partial charge < -0.3 is 5.32 Å². The Kier molecular flexibility index (Phi) is 7.81. The molecule has 39 heavy (non-hydrogen) atoms. The summed E-state index contributed by atoms with van der Waals surface area (Å²) in [5, 5.41) is 9.22. The average Bonchev–Trinajstić information content (AvgIpc) is 3.80. The predicted octanol–water partition coefficient (Wildman–Crippen LogP) is 3.03. The van der Waals surface area contributed by atoms with Crippen LogP contribution in [0.5, 0.6) is 0 Å². The summed E-state index contributed by atoms with van der Waals surface area (Å²) in [6.07, 6.45) is 1.86. The number of carbonyl (C=O) groups excluding carboxylic acids is 1. The van der Waals surface area contributed by atoms with Crippen LogP contribution in [0.3, 0.4) is 0 Å². The molecule has 0 bridgehead atoms. The fourth-order valence-corrected chi connectivity index (χ4v) is 7.31. The van der Waals surface area contributed by atoms with Crippen LogP contribution >= 0.6 is 0 Å². The van der Waals surface area contributed by atoms with Crippen molar-refractivity contribution in [2.45, 2.75) is 53.5 Å². The first-order chi connectivity index (χ1) is 18.2. The van der Waals surface area contributed by atoms with Gasteiger partial charge in [0.05, 0.1) is 22.5 Å². The molecule has 0 heterocycles. The first-order valence-corrected chi connectivity index (χ1v) is 15.3. The summed E-state index contributed by atoms with van der Waals surface area (Å²) in [6, 6.07) is 3.50. The summed E-state index contributed by atoms with van der Waals surface area (Å²) in [7, 11) is -9.53. The van der Waals surface area contributed by atoms with Crippen molar-refractivity contribution in [3.8, 4) is 6.07 Å². The molecule has 0 radical (unpaired) electrons. The number of nitrogens with zero attached hydrogens (tertiary/aromatic N) is 1. The second-order valence-corrected chi connectivity index (χ2v) is 14.1. The molecule has 2 atom stereocenters. The largest absolute Gasteiger partial charge is 0.368 e. The number of sulfone groups is 2. The first-order valence-electron chi connectivity index (χ1n) is 12.0. The second-order valence-electron chi connectivity index (χ2n) is 9.93. The van der Waals surface area contributed by atoms with E-state index in [0.29, 0.717) is 37.1 Å². The summed E-state index contributed by atoms with van der Waals surface area (Å²) in [4.78, 5) is 12.2. The SMILES string of the molecule is N#CC1(NC(=O)C(CS(=O)(=O)CC2CC2)N[C@H](c2ccc(F)cc2)C(F)(F)S(=O)(=O)c2ccc(F)cc2)CC1. The zero-order valence-corrected chi connectivity index (χ0v) is 22.0. The number of amides is 1. The molecule has 14 heteroatoms. The number of rotatable bonds is 12. The summed E-state index contributed by atoms with van der Waals surface area (Å²) < 4.78 is 111. The van der Waals surface area contributed by atoms with Gasteiger partial charge >= 0.3 is 5.25 Å². The molecule has 210 valence electrons. The molecule has 2 aromatic carbocycles. The maximum Gasteiger partial charge on any atom is 0.368 e. The molecular formula is C25H25F4N3O5S2. The molecule has 1 unspecified atom stereocenters. The Morgan fingerprint density at radius 3 is 2.03 bits per heavy atom. The number of hydrogen-bond donors (Lipinski definition) is 2. The number of benzene rings is 2. The summed E-state index contributed by atoms with van der Waals surface area (Å²) >= 11 is 0. The topological polar surface area (TPSA) is 133 Å². The van der Waals surface area contributed by atoms with Gasteiger partial charge in [0, 0.05) is 0 Å². The quantitative estimate of drug-likeness (QED) is 0.288. The molecule has 2 saturated carbocycles. The van der Waals surface area contributed by atoms with E-state index in [-0.39, 0.29) is 24.5 Å². The monoisotopic (exact) mass is 587 g/mol. The molecule has 2 fully saturated rings. The van der Waals surface area contributed by atoms with Gasteiger partial charge in [-0.2, -0.15) is 14.0 Å². The lowest BCUT2D eigenvalue weighted by Crippen LogP contribution is -2.56. The number of nitriles is 1. The van der Waals surface area contributed by atoms with E-state index in [0.717, 1.165) is 24.3 Å². The smallest absolute Gasteiger partial charge is 0.336 e. The van der Waals surface area contributed by atoms with E-state index in [4.69, 9.17) is 0 Å². The van der Waals surface area contributed by atoms with Crippen molar-refractivity contribution >= 4 is 25.6 Å². The average molecular weight is 588 g/mol. The molecule has 2 aromatic rings. The second kappa shape index (κ2) is 10.5. The minimum absolute atomic E-state index is 0.124. The molecule has 2 N–H and O–H groups in total. The van der Waals surface area contributed by atoms with E-state index in [1.54, 1.807) is 0 Å². The van der Waals surface area contributed by atoms with E-state index < -0.39 is 76.3 Å². The highest BCUT2D eigenvalue weighted by Gasteiger charge is 2.55. The molecule has 4 rings (SSSR count). The lowest BCUT2D eigenvalue weighted by atomic mass is 10.1. The van der Waals surface area contributed by atoms with Gasteiger partial charge in [-0.15, -0.1) is 0 Å². The molecule has 8 nitrogen and oxygen atoms in total. The molecule has 2 aliphatic rings. The van der Waals surface area contributed by atoms with Gasteiger partial charge in [0.25, 0.3) is 0 Å². The summed E-state index contributed by atoms with van der Waals surface area (Å²) in [5.74, 6) is -4.10. The standard InChI is InChI=1S/C25H25F4N3O5S2/c26-18-5-3-17(4-6-18)22(25(28,29)39(36,37)20-9-7-19(27)8-10-20)31-21(14-38(34,35)13-16-1-2-16)23(33)32-24(15-30)11-12-24/h3-10,16,21-22,31H,1-2,11-14H2,(H,32,33)/t21?,22-/m1/s1. The lowest BCUT2D eigenvalue weighted by Gasteiger charge is -2.31. The van der Waals surface area contributed by atoms with Crippen molar-refractivity contribution in [2.24, 2.45) is 5.92 Å². The van der Waals surface area contributed by atoms with Gasteiger partial charge in [-0.3, -0.25) is 10.1 Å². The van der Waals surface area contributed by atoms with Crippen molar-refractivity contribution in [2.75, 3.05) is 11.5 Å². The fraction of sp³-hybridized carbons (Fsp3) is 0.440. The highest BCUT2D eigenvalue weighted by atomic mass is 32.2. The van der Waals surface area contributed by atoms with Crippen LogP contribution in [-0.4, -0.2) is 51.1 Å². The lowest BCUT2D eigenvalue weighted by molar-refractivity contribution is -0.123. The Morgan fingerprint density at radius 2 is 1.54 bits per heavy atom. The van der Waals surface area contributed by atoms with Crippen LogP contribution in [0.2, 0.25) is 0 Å². The summed E-state index contributed by atoms with van der Waals surface area (Å²) in [5.41, 5.74) is -1.73. The molecule has 0 aliphatic heterocycles. The number of halogens is 4. The van der Waals surface area contributed by atoms with E-state index in [2.05, 4.69) is 10.6 Å². The molecule has 0 spiro atoms. The number of carbonyl (C=O) groups is 1. The fourth-order valence-electron chi connectivity index (χ4n) is 4.05. The summed E-state index contributed by atoms with van der Waals surface area (Å²) in [6.45, 7) is 0. The first kappa shape index (κ1) is 29.0. The Hall–Kier alpha value is -3.02. The van der Waals surface area contributed by atoms with E-state index in [9.17, 15) is 35.7 Å². The van der Waals surface area contributed by atoms with Crippen molar-refractivity contribution in [1.29, 1.82) is 5.26 Å². The van der Waals surface area contributed by atoms with Crippen LogP contribution in [0.15, 0.2) is 53.4 Å². The molecule has 2 aliphatic carbocycles. The van der Waals surface area contributed by atoms with Gasteiger partial charge in [0.1, 0.15) is 29.3 Å². The van der Waals surface area contributed by atoms with Gasteiger partial charge in [-0.1, -0.05) is 12.1 Å². The normalized spacial score (nSPS) is 18.5. The van der Waals surface area contributed by atoms with Gasteiger partial charge in [-0.25, -0.2) is 25.6 Å². The number of hydrogen-bond acceptors (Lipinski definition) is 7. The van der Waals surface area contributed by atoms with Crippen molar-refractivity contribution in [3.63, 3.8) is 0 Å². The van der Waals surface area contributed by atoms with Crippen molar-refractivity contribution in [3.05, 3.63) is 65.7 Å². The van der Waals surface area contributed by atoms with Crippen LogP contribution in [0, 0.1) is 28.9 Å². The maximum absolute atomic E-state index is 16.0. The molecular weight excluding hydrogens is 562 g/mol. The molecule has 1 amide bonds. The number of alkyl halides is 2. The van der Waals surface area contributed by atoms with Gasteiger partial charge in [0.2, 0.25) is 15.7 Å². The molecule has 0 saturated heterocycles. The maximum atomic E-state index is 16.0. The van der Waals surface area contributed by atoms with Gasteiger partial charge in [-0.05, 0) is 73.6 Å². The van der Waals surface area contributed by atoms with E-state index in [1.807, 2.05) is 6.07 Å². The zero-order valence-electron chi connectivity index (χ0n) is 20.4. The van der Waals surface area contributed by atoms with Crippen molar-refractivity contribution < 1.29 is 39.2 Å².